The van der Waals surface area contributed by atoms with Crippen LogP contribution in [0.1, 0.15) is 6.42 Å². The molecular formula is C27H31ClN2O7S. The van der Waals surface area contributed by atoms with Crippen LogP contribution in [0, 0.1) is 0 Å². The summed E-state index contributed by atoms with van der Waals surface area (Å²) in [6.45, 7) is 1.69. The fourth-order valence-electron chi connectivity index (χ4n) is 4.35. The maximum absolute atomic E-state index is 13.8. The second-order valence-electron chi connectivity index (χ2n) is 8.81. The van der Waals surface area contributed by atoms with Crippen LogP contribution < -0.4 is 28.4 Å². The molecule has 3 aromatic carbocycles. The Morgan fingerprint density at radius 3 is 2.13 bits per heavy atom. The summed E-state index contributed by atoms with van der Waals surface area (Å²) in [4.78, 5) is 2.15. The van der Waals surface area contributed by atoms with Crippen LogP contribution in [0.15, 0.2) is 53.4 Å². The summed E-state index contributed by atoms with van der Waals surface area (Å²) in [5, 5.41) is 0.402. The summed E-state index contributed by atoms with van der Waals surface area (Å²) in [5.41, 5.74) is 1.27. The summed E-state index contributed by atoms with van der Waals surface area (Å²) >= 11 is 6.36. The topological polar surface area (TPSA) is 95.6 Å². The average molecular weight is 563 g/mol. The SMILES string of the molecule is COc1ccc(-c2cc(OC)c(OC)cc2S(=O)(=O)Nc2ccc(Cl)c(OC3CCN(C)C3)c2)cc1OC. The molecule has 1 aliphatic heterocycles. The molecule has 1 atom stereocenters. The summed E-state index contributed by atoms with van der Waals surface area (Å²) in [7, 11) is 3.88. The maximum atomic E-state index is 13.8. The Kier molecular flexibility index (Phi) is 8.44. The molecule has 1 unspecified atom stereocenters. The van der Waals surface area contributed by atoms with Crippen LogP contribution in [-0.4, -0.2) is 68.0 Å². The Morgan fingerprint density at radius 1 is 0.842 bits per heavy atom. The van der Waals surface area contributed by atoms with E-state index >= 15 is 0 Å². The lowest BCUT2D eigenvalue weighted by molar-refractivity contribution is 0.208. The first kappa shape index (κ1) is 27.7. The van der Waals surface area contributed by atoms with Gasteiger partial charge in [-0.2, -0.15) is 0 Å². The van der Waals surface area contributed by atoms with Crippen molar-refractivity contribution in [2.24, 2.45) is 0 Å². The zero-order valence-electron chi connectivity index (χ0n) is 21.9. The Hall–Kier alpha value is -3.34. The zero-order chi connectivity index (χ0) is 27.4. The largest absolute Gasteiger partial charge is 0.493 e. The van der Waals surface area contributed by atoms with Gasteiger partial charge < -0.3 is 28.6 Å². The number of halogens is 1. The molecule has 1 saturated heterocycles. The fourth-order valence-corrected chi connectivity index (χ4v) is 5.79. The molecule has 0 aliphatic carbocycles. The van der Waals surface area contributed by atoms with Gasteiger partial charge in [0.1, 0.15) is 11.9 Å². The first-order valence-corrected chi connectivity index (χ1v) is 13.7. The minimum Gasteiger partial charge on any atom is -0.493 e. The van der Waals surface area contributed by atoms with Crippen LogP contribution in [-0.2, 0) is 10.0 Å². The minimum absolute atomic E-state index is 0.0165. The van der Waals surface area contributed by atoms with Crippen LogP contribution in [0.3, 0.4) is 0 Å². The molecule has 1 heterocycles. The van der Waals surface area contributed by atoms with Crippen molar-refractivity contribution in [1.82, 2.24) is 4.90 Å². The summed E-state index contributed by atoms with van der Waals surface area (Å²) < 4.78 is 57.9. The average Bonchev–Trinajstić information content (AvgIpc) is 3.33. The van der Waals surface area contributed by atoms with Gasteiger partial charge in [-0.1, -0.05) is 17.7 Å². The monoisotopic (exact) mass is 562 g/mol. The third-order valence-electron chi connectivity index (χ3n) is 6.29. The number of nitrogens with one attached hydrogen (secondary N) is 1. The molecule has 3 aromatic rings. The maximum Gasteiger partial charge on any atom is 0.262 e. The lowest BCUT2D eigenvalue weighted by Gasteiger charge is -2.19. The first-order valence-electron chi connectivity index (χ1n) is 11.8. The predicted octanol–water partition coefficient (Wildman–Crippen LogP) is 4.93. The van der Waals surface area contributed by atoms with Crippen molar-refractivity contribution in [3.63, 3.8) is 0 Å². The number of methoxy groups -OCH3 is 4. The lowest BCUT2D eigenvalue weighted by Crippen LogP contribution is -2.21. The van der Waals surface area contributed by atoms with Gasteiger partial charge in [-0.05, 0) is 49.4 Å². The fraction of sp³-hybridized carbons (Fsp3) is 0.333. The van der Waals surface area contributed by atoms with Crippen molar-refractivity contribution in [2.75, 3.05) is 53.3 Å². The number of nitrogens with zero attached hydrogens (tertiary/aromatic N) is 1. The minimum atomic E-state index is -4.12. The van der Waals surface area contributed by atoms with Crippen molar-refractivity contribution in [1.29, 1.82) is 0 Å². The van der Waals surface area contributed by atoms with Gasteiger partial charge in [0.2, 0.25) is 0 Å². The number of anilines is 1. The molecule has 1 N–H and O–H groups in total. The smallest absolute Gasteiger partial charge is 0.262 e. The quantitative estimate of drug-likeness (QED) is 0.372. The van der Waals surface area contributed by atoms with E-state index in [-0.39, 0.29) is 16.7 Å². The first-order chi connectivity index (χ1) is 18.2. The van der Waals surface area contributed by atoms with Gasteiger partial charge in [0.05, 0.1) is 44.0 Å². The van der Waals surface area contributed by atoms with Gasteiger partial charge in [0.25, 0.3) is 10.0 Å². The Balaban J connectivity index is 1.75. The summed E-state index contributed by atoms with van der Waals surface area (Å²) in [5.74, 6) is 2.02. The van der Waals surface area contributed by atoms with Crippen LogP contribution in [0.5, 0.6) is 28.7 Å². The van der Waals surface area contributed by atoms with E-state index in [9.17, 15) is 8.42 Å². The van der Waals surface area contributed by atoms with Crippen molar-refractivity contribution in [2.45, 2.75) is 17.4 Å². The molecule has 0 aromatic heterocycles. The van der Waals surface area contributed by atoms with Gasteiger partial charge in [-0.15, -0.1) is 0 Å². The Morgan fingerprint density at radius 2 is 1.50 bits per heavy atom. The third kappa shape index (κ3) is 5.87. The number of hydrogen-bond donors (Lipinski definition) is 1. The van der Waals surface area contributed by atoms with E-state index in [0.29, 0.717) is 44.8 Å². The highest BCUT2D eigenvalue weighted by atomic mass is 35.5. The van der Waals surface area contributed by atoms with Crippen LogP contribution in [0.25, 0.3) is 11.1 Å². The number of rotatable bonds is 10. The Labute approximate surface area is 228 Å². The molecule has 9 nitrogen and oxygen atoms in total. The highest BCUT2D eigenvalue weighted by Gasteiger charge is 2.26. The van der Waals surface area contributed by atoms with E-state index < -0.39 is 10.0 Å². The van der Waals surface area contributed by atoms with Crippen molar-refractivity contribution < 1.29 is 32.1 Å². The lowest BCUT2D eigenvalue weighted by atomic mass is 10.0. The normalized spacial score (nSPS) is 15.7. The number of hydrogen-bond acceptors (Lipinski definition) is 8. The Bertz CT molecular complexity index is 1410. The molecule has 1 fully saturated rings. The molecule has 11 heteroatoms. The molecule has 0 amide bonds. The second-order valence-corrected chi connectivity index (χ2v) is 10.9. The van der Waals surface area contributed by atoms with E-state index in [2.05, 4.69) is 9.62 Å². The second kappa shape index (κ2) is 11.6. The van der Waals surface area contributed by atoms with Crippen LogP contribution in [0.4, 0.5) is 5.69 Å². The summed E-state index contributed by atoms with van der Waals surface area (Å²) in [6.07, 6.45) is 0.843. The van der Waals surface area contributed by atoms with E-state index in [1.807, 2.05) is 7.05 Å². The van der Waals surface area contributed by atoms with Gasteiger partial charge in [0, 0.05) is 30.8 Å². The third-order valence-corrected chi connectivity index (χ3v) is 8.03. The van der Waals surface area contributed by atoms with Gasteiger partial charge in [0.15, 0.2) is 23.0 Å². The molecular weight excluding hydrogens is 532 g/mol. The van der Waals surface area contributed by atoms with E-state index in [1.54, 1.807) is 42.5 Å². The molecule has 0 spiro atoms. The zero-order valence-corrected chi connectivity index (χ0v) is 23.5. The van der Waals surface area contributed by atoms with Gasteiger partial charge in [-0.25, -0.2) is 8.42 Å². The molecule has 0 bridgehead atoms. The highest BCUT2D eigenvalue weighted by molar-refractivity contribution is 7.92. The number of benzene rings is 3. The number of ether oxygens (including phenoxy) is 5. The van der Waals surface area contributed by atoms with Crippen molar-refractivity contribution >= 4 is 27.3 Å². The van der Waals surface area contributed by atoms with E-state index in [4.69, 9.17) is 35.3 Å². The number of likely N-dealkylation sites (tertiary alicyclic amines) is 1. The highest BCUT2D eigenvalue weighted by Crippen LogP contribution is 2.41. The molecule has 1 aliphatic rings. The van der Waals surface area contributed by atoms with Gasteiger partial charge >= 0.3 is 0 Å². The van der Waals surface area contributed by atoms with Crippen molar-refractivity contribution in [3.05, 3.63) is 53.6 Å². The number of likely N-dealkylation sites (N-methyl/N-ethyl adjacent to an activating group) is 1. The van der Waals surface area contributed by atoms with Crippen LogP contribution >= 0.6 is 11.6 Å². The molecule has 0 radical (unpaired) electrons. The summed E-state index contributed by atoms with van der Waals surface area (Å²) in [6, 6.07) is 13.0. The van der Waals surface area contributed by atoms with E-state index in [1.165, 1.54) is 34.5 Å². The molecule has 0 saturated carbocycles. The standard InChI is InChI=1S/C27H31ClN2O7S/c1-30-11-10-19(16-30)37-23-13-18(7-8-21(23)28)29-38(31,32)27-15-26(36-5)25(35-4)14-20(27)17-6-9-22(33-2)24(12-17)34-3/h6-9,12-15,19,29H,10-11,16H2,1-5H3. The molecule has 4 rings (SSSR count). The van der Waals surface area contributed by atoms with E-state index in [0.717, 1.165) is 19.5 Å². The van der Waals surface area contributed by atoms with Gasteiger partial charge in [-0.3, -0.25) is 4.72 Å². The molecule has 204 valence electrons. The van der Waals surface area contributed by atoms with Crippen LogP contribution in [0.2, 0.25) is 5.02 Å². The predicted molar refractivity (Wildman–Crippen MR) is 147 cm³/mol. The van der Waals surface area contributed by atoms with Crippen molar-refractivity contribution in [3.8, 4) is 39.9 Å². The molecule has 38 heavy (non-hydrogen) atoms. The number of sulfonamides is 1.